The van der Waals surface area contributed by atoms with Gasteiger partial charge >= 0.3 is 0 Å². The number of halogens is 1. The van der Waals surface area contributed by atoms with Crippen molar-refractivity contribution in [2.24, 2.45) is 0 Å². The van der Waals surface area contributed by atoms with Crippen molar-refractivity contribution < 1.29 is 0 Å². The topological polar surface area (TPSA) is 0 Å². The minimum absolute atomic E-state index is 0.425. The first-order valence-electron chi connectivity index (χ1n) is 5.48. The Bertz CT molecular complexity index is 581. The summed E-state index contributed by atoms with van der Waals surface area (Å²) in [5, 5.41) is 2.16. The second-order valence-electron chi connectivity index (χ2n) is 3.96. The van der Waals surface area contributed by atoms with Gasteiger partial charge in [0, 0.05) is 14.3 Å². The molecule has 0 radical (unpaired) electrons. The van der Waals surface area contributed by atoms with Crippen LogP contribution < -0.4 is 0 Å². The third-order valence-corrected chi connectivity index (χ3v) is 6.05. The molecule has 0 saturated carbocycles. The number of hydrogen-bond acceptors (Lipinski definition) is 2. The summed E-state index contributed by atoms with van der Waals surface area (Å²) in [6.45, 7) is 0. The van der Waals surface area contributed by atoms with Crippen LogP contribution in [0.1, 0.15) is 15.3 Å². The summed E-state index contributed by atoms with van der Waals surface area (Å²) < 4.78 is 2.81. The highest BCUT2D eigenvalue weighted by Gasteiger charge is 2.12. The molecule has 3 heteroatoms. The van der Waals surface area contributed by atoms with Crippen molar-refractivity contribution in [2.45, 2.75) is 11.2 Å². The van der Waals surface area contributed by atoms with Crippen LogP contribution >= 0.6 is 38.6 Å². The highest BCUT2D eigenvalue weighted by atomic mass is 79.9. The van der Waals surface area contributed by atoms with Crippen LogP contribution in [0, 0.1) is 0 Å². The summed E-state index contributed by atoms with van der Waals surface area (Å²) in [7, 11) is 0. The van der Waals surface area contributed by atoms with Crippen LogP contribution in [-0.4, -0.2) is 0 Å². The minimum Gasteiger partial charge on any atom is -0.143 e. The summed E-state index contributed by atoms with van der Waals surface area (Å²) in [5.41, 5.74) is 1.38. The molecule has 0 bridgehead atoms. The second-order valence-corrected chi connectivity index (χ2v) is 7.12. The Balaban J connectivity index is 1.82. The van der Waals surface area contributed by atoms with Crippen LogP contribution in [0.25, 0.3) is 9.40 Å². The van der Waals surface area contributed by atoms with Gasteiger partial charge in [0.25, 0.3) is 0 Å². The Hall–Kier alpha value is -0.640. The molecule has 0 fully saturated rings. The van der Waals surface area contributed by atoms with Crippen LogP contribution in [-0.2, 0) is 6.42 Å². The van der Waals surface area contributed by atoms with Gasteiger partial charge in [0.2, 0.25) is 0 Å². The molecule has 3 aromatic rings. The second kappa shape index (κ2) is 4.92. The largest absolute Gasteiger partial charge is 0.143 e. The highest BCUT2D eigenvalue weighted by molar-refractivity contribution is 9.09. The third-order valence-electron chi connectivity index (χ3n) is 2.72. The van der Waals surface area contributed by atoms with Crippen molar-refractivity contribution in [3.05, 3.63) is 58.3 Å². The maximum absolute atomic E-state index is 3.80. The quantitative estimate of drug-likeness (QED) is 0.547. The molecule has 0 nitrogen and oxygen atoms in total. The summed E-state index contributed by atoms with van der Waals surface area (Å²) >= 11 is 7.52. The molecule has 17 heavy (non-hydrogen) atoms. The van der Waals surface area contributed by atoms with Crippen molar-refractivity contribution in [1.82, 2.24) is 0 Å². The maximum atomic E-state index is 3.80. The zero-order valence-corrected chi connectivity index (χ0v) is 12.3. The van der Waals surface area contributed by atoms with E-state index in [4.69, 9.17) is 0 Å². The van der Waals surface area contributed by atoms with Crippen LogP contribution in [0.15, 0.2) is 47.8 Å². The lowest BCUT2D eigenvalue weighted by molar-refractivity contribution is 0.970. The fraction of sp³-hybridized carbons (Fsp3) is 0.143. The molecule has 0 aliphatic heterocycles. The van der Waals surface area contributed by atoms with Gasteiger partial charge in [-0.25, -0.2) is 0 Å². The van der Waals surface area contributed by atoms with Gasteiger partial charge in [-0.15, -0.1) is 22.7 Å². The number of fused-ring (bicyclic) bond motifs is 1. The Kier molecular flexibility index (Phi) is 3.32. The van der Waals surface area contributed by atoms with Crippen LogP contribution in [0.5, 0.6) is 0 Å². The van der Waals surface area contributed by atoms with Crippen LogP contribution in [0.4, 0.5) is 0 Å². The van der Waals surface area contributed by atoms with Gasteiger partial charge in [-0.1, -0.05) is 46.3 Å². The van der Waals surface area contributed by atoms with E-state index in [-0.39, 0.29) is 0 Å². The molecule has 1 aromatic carbocycles. The average molecular weight is 323 g/mol. The van der Waals surface area contributed by atoms with Crippen molar-refractivity contribution >= 4 is 48.0 Å². The summed E-state index contributed by atoms with van der Waals surface area (Å²) in [5.74, 6) is 0. The van der Waals surface area contributed by atoms with Gasteiger partial charge in [-0.3, -0.25) is 0 Å². The maximum Gasteiger partial charge on any atom is 0.0530 e. The fourth-order valence-corrected chi connectivity index (χ4v) is 4.74. The lowest BCUT2D eigenvalue weighted by Gasteiger charge is -2.07. The van der Waals surface area contributed by atoms with E-state index >= 15 is 0 Å². The highest BCUT2D eigenvalue weighted by Crippen LogP contribution is 2.38. The number of hydrogen-bond donors (Lipinski definition) is 0. The molecule has 0 spiro atoms. The fourth-order valence-electron chi connectivity index (χ4n) is 1.86. The minimum atomic E-state index is 0.425. The molecule has 2 heterocycles. The number of alkyl halides is 1. The first-order chi connectivity index (χ1) is 8.33. The Morgan fingerprint density at radius 1 is 1.06 bits per heavy atom. The zero-order chi connectivity index (χ0) is 11.7. The van der Waals surface area contributed by atoms with E-state index in [2.05, 4.69) is 63.8 Å². The SMILES string of the molecule is BrC(Cc1ccccc1)c1cc2sccc2s1. The zero-order valence-electron chi connectivity index (χ0n) is 9.10. The molecule has 0 aliphatic rings. The molecule has 2 aromatic heterocycles. The van der Waals surface area contributed by atoms with Crippen molar-refractivity contribution in [3.8, 4) is 0 Å². The molecular formula is C14H11BrS2. The standard InChI is InChI=1S/C14H11BrS2/c15-11(8-10-4-2-1-3-5-10)13-9-14-12(17-13)6-7-16-14/h1-7,9,11H,8H2. The molecule has 1 atom stereocenters. The predicted molar refractivity (Wildman–Crippen MR) is 81.5 cm³/mol. The van der Waals surface area contributed by atoms with E-state index in [0.29, 0.717) is 4.83 Å². The number of rotatable bonds is 3. The predicted octanol–water partition coefficient (Wildman–Crippen LogP) is 5.64. The van der Waals surface area contributed by atoms with E-state index in [9.17, 15) is 0 Å². The van der Waals surface area contributed by atoms with Gasteiger partial charge in [-0.2, -0.15) is 0 Å². The Morgan fingerprint density at radius 3 is 2.65 bits per heavy atom. The van der Waals surface area contributed by atoms with E-state index in [1.54, 1.807) is 0 Å². The molecule has 0 saturated heterocycles. The van der Waals surface area contributed by atoms with Gasteiger partial charge < -0.3 is 0 Å². The molecule has 1 unspecified atom stereocenters. The molecular weight excluding hydrogens is 312 g/mol. The molecule has 3 rings (SSSR count). The van der Waals surface area contributed by atoms with E-state index < -0.39 is 0 Å². The molecule has 0 amide bonds. The lowest BCUT2D eigenvalue weighted by Crippen LogP contribution is -1.91. The van der Waals surface area contributed by atoms with Crippen LogP contribution in [0.2, 0.25) is 0 Å². The van der Waals surface area contributed by atoms with Crippen molar-refractivity contribution in [3.63, 3.8) is 0 Å². The number of benzene rings is 1. The summed E-state index contributed by atoms with van der Waals surface area (Å²) in [4.78, 5) is 1.85. The first kappa shape index (κ1) is 11.5. The Morgan fingerprint density at radius 2 is 1.88 bits per heavy atom. The van der Waals surface area contributed by atoms with Gasteiger partial charge in [0.1, 0.15) is 0 Å². The molecule has 86 valence electrons. The average Bonchev–Trinajstić information content (AvgIpc) is 2.90. The summed E-state index contributed by atoms with van der Waals surface area (Å²) in [6.07, 6.45) is 1.05. The van der Waals surface area contributed by atoms with Crippen molar-refractivity contribution in [1.29, 1.82) is 0 Å². The number of thiophene rings is 2. The van der Waals surface area contributed by atoms with Gasteiger partial charge in [-0.05, 0) is 29.5 Å². The monoisotopic (exact) mass is 322 g/mol. The third kappa shape index (κ3) is 2.46. The van der Waals surface area contributed by atoms with E-state index in [1.807, 2.05) is 22.7 Å². The van der Waals surface area contributed by atoms with Gasteiger partial charge in [0.15, 0.2) is 0 Å². The van der Waals surface area contributed by atoms with Crippen molar-refractivity contribution in [2.75, 3.05) is 0 Å². The van der Waals surface area contributed by atoms with Gasteiger partial charge in [0.05, 0.1) is 4.83 Å². The Labute approximate surface area is 117 Å². The normalized spacial score (nSPS) is 13.0. The smallest absolute Gasteiger partial charge is 0.0530 e. The van der Waals surface area contributed by atoms with Crippen LogP contribution in [0.3, 0.4) is 0 Å². The van der Waals surface area contributed by atoms with E-state index in [1.165, 1.54) is 19.8 Å². The lowest BCUT2D eigenvalue weighted by atomic mass is 10.1. The molecule has 0 aliphatic carbocycles. The molecule has 0 N–H and O–H groups in total. The van der Waals surface area contributed by atoms with E-state index in [0.717, 1.165) is 6.42 Å². The summed E-state index contributed by atoms with van der Waals surface area (Å²) in [6, 6.07) is 15.1. The first-order valence-corrected chi connectivity index (χ1v) is 8.09.